The maximum atomic E-state index is 12.6. The van der Waals surface area contributed by atoms with E-state index in [4.69, 9.17) is 28.6 Å². The highest BCUT2D eigenvalue weighted by Crippen LogP contribution is 2.30. The molecule has 0 aliphatic carbocycles. The Labute approximate surface area is 205 Å². The summed E-state index contributed by atoms with van der Waals surface area (Å²) in [5, 5.41) is 6.54. The number of benzene rings is 2. The molecule has 2 aromatic carbocycles. The molecule has 9 heteroatoms. The van der Waals surface area contributed by atoms with Gasteiger partial charge in [-0.2, -0.15) is 0 Å². The molecule has 0 radical (unpaired) electrons. The van der Waals surface area contributed by atoms with Crippen LogP contribution in [0.25, 0.3) is 0 Å². The second kappa shape index (κ2) is 11.9. The first-order valence-electron chi connectivity index (χ1n) is 11.1. The third-order valence-corrected chi connectivity index (χ3v) is 5.72. The summed E-state index contributed by atoms with van der Waals surface area (Å²) >= 11 is 11.6. The van der Waals surface area contributed by atoms with Crippen molar-refractivity contribution in [1.29, 1.82) is 0 Å². The number of hydrogen-bond acceptors (Lipinski definition) is 5. The Morgan fingerprint density at radius 1 is 1.09 bits per heavy atom. The highest BCUT2D eigenvalue weighted by Gasteiger charge is 2.22. The number of carbonyl (C=O) groups is 2. The molecule has 2 aromatic rings. The van der Waals surface area contributed by atoms with Gasteiger partial charge in [0, 0.05) is 43.2 Å². The molecule has 3 rings (SSSR count). The van der Waals surface area contributed by atoms with E-state index < -0.39 is 0 Å². The van der Waals surface area contributed by atoms with Crippen molar-refractivity contribution < 1.29 is 14.3 Å². The summed E-state index contributed by atoms with van der Waals surface area (Å²) in [6.07, 6.45) is 1.43. The molecule has 1 heterocycles. The molecule has 2 amide bonds. The first kappa shape index (κ1) is 24.8. The SMILES string of the molecule is CCCC(=O)N1CCN(c2ccc(Cl)cc2NC(=S)NC(=O)c2cccc(OCC)c2)CC1. The summed E-state index contributed by atoms with van der Waals surface area (Å²) in [4.78, 5) is 28.9. The minimum atomic E-state index is -0.333. The summed E-state index contributed by atoms with van der Waals surface area (Å²) in [5.74, 6) is 0.488. The predicted octanol–water partition coefficient (Wildman–Crippen LogP) is 4.31. The van der Waals surface area contributed by atoms with Crippen LogP contribution < -0.4 is 20.3 Å². The van der Waals surface area contributed by atoms with E-state index in [1.165, 1.54) is 0 Å². The van der Waals surface area contributed by atoms with E-state index in [1.54, 1.807) is 30.3 Å². The van der Waals surface area contributed by atoms with Crippen LogP contribution in [-0.4, -0.2) is 54.6 Å². The van der Waals surface area contributed by atoms with Gasteiger partial charge in [-0.15, -0.1) is 0 Å². The molecule has 33 heavy (non-hydrogen) atoms. The molecular formula is C24H29ClN4O3S. The number of hydrogen-bond donors (Lipinski definition) is 2. The normalized spacial score (nSPS) is 13.4. The third kappa shape index (κ3) is 6.82. The molecule has 1 saturated heterocycles. The van der Waals surface area contributed by atoms with Crippen molar-refractivity contribution in [2.24, 2.45) is 0 Å². The zero-order chi connectivity index (χ0) is 23.8. The van der Waals surface area contributed by atoms with Crippen LogP contribution in [0.5, 0.6) is 5.75 Å². The first-order valence-corrected chi connectivity index (χ1v) is 11.9. The minimum Gasteiger partial charge on any atom is -0.494 e. The number of halogens is 1. The number of ether oxygens (including phenoxy) is 1. The fraction of sp³-hybridized carbons (Fsp3) is 0.375. The highest BCUT2D eigenvalue weighted by atomic mass is 35.5. The topological polar surface area (TPSA) is 73.9 Å². The first-order chi connectivity index (χ1) is 15.9. The van der Waals surface area contributed by atoms with Gasteiger partial charge >= 0.3 is 0 Å². The fourth-order valence-corrected chi connectivity index (χ4v) is 4.05. The van der Waals surface area contributed by atoms with Crippen LogP contribution in [0.1, 0.15) is 37.0 Å². The lowest BCUT2D eigenvalue weighted by Gasteiger charge is -2.37. The van der Waals surface area contributed by atoms with E-state index >= 15 is 0 Å². The number of piperazine rings is 1. The molecule has 2 N–H and O–H groups in total. The van der Waals surface area contributed by atoms with E-state index in [2.05, 4.69) is 15.5 Å². The average Bonchev–Trinajstić information content (AvgIpc) is 2.80. The molecule has 0 aromatic heterocycles. The van der Waals surface area contributed by atoms with Crippen molar-refractivity contribution in [3.05, 3.63) is 53.1 Å². The number of anilines is 2. The highest BCUT2D eigenvalue weighted by molar-refractivity contribution is 7.80. The maximum Gasteiger partial charge on any atom is 0.257 e. The van der Waals surface area contributed by atoms with Crippen molar-refractivity contribution in [3.8, 4) is 5.75 Å². The molecule has 0 bridgehead atoms. The van der Waals surface area contributed by atoms with Crippen LogP contribution in [0.3, 0.4) is 0 Å². The third-order valence-electron chi connectivity index (χ3n) is 5.28. The van der Waals surface area contributed by atoms with Crippen LogP contribution in [0.4, 0.5) is 11.4 Å². The van der Waals surface area contributed by atoms with Gasteiger partial charge in [0.05, 0.1) is 18.0 Å². The summed E-state index contributed by atoms with van der Waals surface area (Å²) < 4.78 is 5.46. The summed E-state index contributed by atoms with van der Waals surface area (Å²) in [6.45, 7) is 7.15. The van der Waals surface area contributed by atoms with Crippen molar-refractivity contribution in [1.82, 2.24) is 10.2 Å². The summed E-state index contributed by atoms with van der Waals surface area (Å²) in [6, 6.07) is 12.4. The Balaban J connectivity index is 1.66. The summed E-state index contributed by atoms with van der Waals surface area (Å²) in [5.41, 5.74) is 2.06. The van der Waals surface area contributed by atoms with E-state index in [9.17, 15) is 9.59 Å². The van der Waals surface area contributed by atoms with Crippen molar-refractivity contribution in [3.63, 3.8) is 0 Å². The number of carbonyl (C=O) groups excluding carboxylic acids is 2. The van der Waals surface area contributed by atoms with Crippen LogP contribution >= 0.6 is 23.8 Å². The van der Waals surface area contributed by atoms with Gasteiger partial charge in [0.15, 0.2) is 5.11 Å². The quantitative estimate of drug-likeness (QED) is 0.565. The molecule has 0 spiro atoms. The van der Waals surface area contributed by atoms with Gasteiger partial charge in [-0.1, -0.05) is 24.6 Å². The zero-order valence-corrected chi connectivity index (χ0v) is 20.5. The van der Waals surface area contributed by atoms with Gasteiger partial charge in [0.2, 0.25) is 5.91 Å². The molecule has 0 unspecified atom stereocenters. The van der Waals surface area contributed by atoms with Gasteiger partial charge in [-0.25, -0.2) is 0 Å². The van der Waals surface area contributed by atoms with Crippen molar-refractivity contribution in [2.45, 2.75) is 26.7 Å². The lowest BCUT2D eigenvalue weighted by Crippen LogP contribution is -2.49. The average molecular weight is 489 g/mol. The Bertz CT molecular complexity index is 1010. The van der Waals surface area contributed by atoms with Crippen LogP contribution in [0, 0.1) is 0 Å². The Morgan fingerprint density at radius 2 is 1.85 bits per heavy atom. The molecule has 7 nitrogen and oxygen atoms in total. The molecule has 1 fully saturated rings. The largest absolute Gasteiger partial charge is 0.494 e. The molecule has 176 valence electrons. The van der Waals surface area contributed by atoms with E-state index in [-0.39, 0.29) is 16.9 Å². The second-order valence-corrected chi connectivity index (χ2v) is 8.49. The minimum absolute atomic E-state index is 0.169. The monoisotopic (exact) mass is 488 g/mol. The zero-order valence-electron chi connectivity index (χ0n) is 18.9. The molecule has 0 saturated carbocycles. The molecule has 0 atom stereocenters. The lowest BCUT2D eigenvalue weighted by atomic mass is 10.2. The van der Waals surface area contributed by atoms with E-state index in [0.29, 0.717) is 61.2 Å². The van der Waals surface area contributed by atoms with Crippen molar-refractivity contribution >= 4 is 52.1 Å². The van der Waals surface area contributed by atoms with Gasteiger partial charge in [0.1, 0.15) is 5.75 Å². The number of nitrogens with zero attached hydrogens (tertiary/aromatic N) is 2. The molecule has 1 aliphatic heterocycles. The Hall–Kier alpha value is -2.84. The number of amides is 2. The van der Waals surface area contributed by atoms with Gasteiger partial charge < -0.3 is 19.9 Å². The maximum absolute atomic E-state index is 12.6. The van der Waals surface area contributed by atoms with Crippen LogP contribution in [0.2, 0.25) is 5.02 Å². The molecule has 1 aliphatic rings. The van der Waals surface area contributed by atoms with E-state index in [1.807, 2.05) is 30.9 Å². The fourth-order valence-electron chi connectivity index (χ4n) is 3.68. The van der Waals surface area contributed by atoms with Gasteiger partial charge in [-0.05, 0) is 62.0 Å². The number of thiocarbonyl (C=S) groups is 1. The van der Waals surface area contributed by atoms with Crippen LogP contribution in [0.15, 0.2) is 42.5 Å². The Kier molecular flexibility index (Phi) is 8.91. The van der Waals surface area contributed by atoms with Crippen molar-refractivity contribution in [2.75, 3.05) is 43.0 Å². The molecular weight excluding hydrogens is 460 g/mol. The second-order valence-electron chi connectivity index (χ2n) is 7.65. The number of nitrogens with one attached hydrogen (secondary N) is 2. The number of rotatable bonds is 7. The Morgan fingerprint density at radius 3 is 2.55 bits per heavy atom. The standard InChI is InChI=1S/C24H29ClN4O3S/c1-3-6-22(30)29-13-11-28(12-14-29)21-10-9-18(25)16-20(21)26-24(33)27-23(31)17-7-5-8-19(15-17)32-4-2/h5,7-10,15-16H,3-4,6,11-14H2,1-2H3,(H2,26,27,31,33). The lowest BCUT2D eigenvalue weighted by molar-refractivity contribution is -0.131. The van der Waals surface area contributed by atoms with E-state index in [0.717, 1.165) is 12.1 Å². The predicted molar refractivity (Wildman–Crippen MR) is 136 cm³/mol. The van der Waals surface area contributed by atoms with Gasteiger partial charge in [-0.3, -0.25) is 14.9 Å². The smallest absolute Gasteiger partial charge is 0.257 e. The van der Waals surface area contributed by atoms with Gasteiger partial charge in [0.25, 0.3) is 5.91 Å². The van der Waals surface area contributed by atoms with Crippen LogP contribution in [-0.2, 0) is 4.79 Å². The summed E-state index contributed by atoms with van der Waals surface area (Å²) in [7, 11) is 0.